The van der Waals surface area contributed by atoms with Crippen LogP contribution in [0.3, 0.4) is 0 Å². The number of benzene rings is 2. The van der Waals surface area contributed by atoms with E-state index < -0.39 is 4.92 Å². The first-order valence-electron chi connectivity index (χ1n) is 6.21. The molecule has 0 atom stereocenters. The molecule has 0 fully saturated rings. The number of non-ortho nitro benzene ring substituents is 1. The van der Waals surface area contributed by atoms with Gasteiger partial charge in [-0.05, 0) is 42.7 Å². The molecule has 0 aliphatic rings. The largest absolute Gasteiger partial charge is 0.381 e. The van der Waals surface area contributed by atoms with E-state index in [0.29, 0.717) is 6.54 Å². The molecule has 2 rings (SSSR count). The fraction of sp³-hybridized carbons (Fsp3) is 0.200. The molecular weight excluding hydrogens is 320 g/mol. The third-order valence-electron chi connectivity index (χ3n) is 3.08. The summed E-state index contributed by atoms with van der Waals surface area (Å²) >= 11 is 3.54. The average Bonchev–Trinajstić information content (AvgIpc) is 2.42. The highest BCUT2D eigenvalue weighted by Gasteiger charge is 2.05. The topological polar surface area (TPSA) is 55.2 Å². The van der Waals surface area contributed by atoms with Crippen LogP contribution in [0, 0.1) is 24.0 Å². The predicted octanol–water partition coefficient (Wildman–Crippen LogP) is 4.59. The summed E-state index contributed by atoms with van der Waals surface area (Å²) in [6.45, 7) is 4.74. The molecule has 5 heteroatoms. The molecule has 0 saturated carbocycles. The molecule has 20 heavy (non-hydrogen) atoms. The molecule has 0 unspecified atom stereocenters. The summed E-state index contributed by atoms with van der Waals surface area (Å²) < 4.78 is 1.12. The summed E-state index contributed by atoms with van der Waals surface area (Å²) in [5, 5.41) is 13.9. The molecule has 0 saturated heterocycles. The van der Waals surface area contributed by atoms with E-state index >= 15 is 0 Å². The van der Waals surface area contributed by atoms with Crippen LogP contribution in [-0.4, -0.2) is 4.92 Å². The van der Waals surface area contributed by atoms with Crippen molar-refractivity contribution in [1.29, 1.82) is 0 Å². The van der Waals surface area contributed by atoms with Crippen LogP contribution in [-0.2, 0) is 6.54 Å². The van der Waals surface area contributed by atoms with Crippen LogP contribution in [0.1, 0.15) is 16.7 Å². The van der Waals surface area contributed by atoms with Crippen molar-refractivity contribution < 1.29 is 4.92 Å². The maximum absolute atomic E-state index is 10.6. The Morgan fingerprint density at radius 3 is 2.20 bits per heavy atom. The van der Waals surface area contributed by atoms with Gasteiger partial charge < -0.3 is 5.32 Å². The summed E-state index contributed by atoms with van der Waals surface area (Å²) in [5.41, 5.74) is 4.52. The second-order valence-corrected chi connectivity index (χ2v) is 5.49. The van der Waals surface area contributed by atoms with E-state index in [-0.39, 0.29) is 5.69 Å². The molecule has 4 nitrogen and oxygen atoms in total. The quantitative estimate of drug-likeness (QED) is 0.657. The Morgan fingerprint density at radius 2 is 1.70 bits per heavy atom. The zero-order valence-electron chi connectivity index (χ0n) is 11.3. The summed E-state index contributed by atoms with van der Waals surface area (Å²) in [5.74, 6) is 0. The fourth-order valence-electron chi connectivity index (χ4n) is 1.99. The number of anilines is 1. The first-order chi connectivity index (χ1) is 9.47. The van der Waals surface area contributed by atoms with Crippen LogP contribution in [0.2, 0.25) is 0 Å². The smallest absolute Gasteiger partial charge is 0.269 e. The number of hydrogen-bond donors (Lipinski definition) is 1. The summed E-state index contributed by atoms with van der Waals surface area (Å²) in [4.78, 5) is 10.2. The minimum Gasteiger partial charge on any atom is -0.381 e. The van der Waals surface area contributed by atoms with Gasteiger partial charge in [-0.2, -0.15) is 0 Å². The van der Waals surface area contributed by atoms with E-state index in [1.807, 2.05) is 13.8 Å². The lowest BCUT2D eigenvalue weighted by Crippen LogP contribution is -2.00. The molecular formula is C15H15BrN2O2. The molecule has 1 N–H and O–H groups in total. The van der Waals surface area contributed by atoms with Crippen molar-refractivity contribution in [2.75, 3.05) is 5.32 Å². The third kappa shape index (κ3) is 3.36. The van der Waals surface area contributed by atoms with Gasteiger partial charge in [0, 0.05) is 28.8 Å². The summed E-state index contributed by atoms with van der Waals surface area (Å²) in [6.07, 6.45) is 0. The highest BCUT2D eigenvalue weighted by molar-refractivity contribution is 9.10. The molecule has 0 heterocycles. The Kier molecular flexibility index (Phi) is 4.39. The average molecular weight is 335 g/mol. The standard InChI is InChI=1S/C15H15BrN2O2/c1-10-7-13(8-11(2)15(10)16)17-9-12-3-5-14(6-4-12)18(19)20/h3-8,17H,9H2,1-2H3. The van der Waals surface area contributed by atoms with E-state index in [1.54, 1.807) is 12.1 Å². The summed E-state index contributed by atoms with van der Waals surface area (Å²) in [7, 11) is 0. The predicted molar refractivity (Wildman–Crippen MR) is 84.0 cm³/mol. The lowest BCUT2D eigenvalue weighted by atomic mass is 10.1. The van der Waals surface area contributed by atoms with Crippen LogP contribution in [0.5, 0.6) is 0 Å². The maximum atomic E-state index is 10.6. The molecule has 0 spiro atoms. The summed E-state index contributed by atoms with van der Waals surface area (Å²) in [6, 6.07) is 10.7. The van der Waals surface area contributed by atoms with E-state index in [9.17, 15) is 10.1 Å². The number of halogens is 1. The zero-order chi connectivity index (χ0) is 14.7. The molecule has 2 aromatic carbocycles. The Morgan fingerprint density at radius 1 is 1.15 bits per heavy atom. The molecule has 0 amide bonds. The second-order valence-electron chi connectivity index (χ2n) is 4.70. The van der Waals surface area contributed by atoms with E-state index in [2.05, 4.69) is 33.4 Å². The van der Waals surface area contributed by atoms with Gasteiger partial charge in [-0.25, -0.2) is 0 Å². The van der Waals surface area contributed by atoms with Gasteiger partial charge in [0.1, 0.15) is 0 Å². The first kappa shape index (κ1) is 14.5. The van der Waals surface area contributed by atoms with Crippen LogP contribution in [0.15, 0.2) is 40.9 Å². The van der Waals surface area contributed by atoms with Crippen LogP contribution in [0.4, 0.5) is 11.4 Å². The highest BCUT2D eigenvalue weighted by Crippen LogP contribution is 2.25. The molecule has 0 aromatic heterocycles. The van der Waals surface area contributed by atoms with Crippen molar-refractivity contribution in [2.24, 2.45) is 0 Å². The van der Waals surface area contributed by atoms with Gasteiger partial charge in [0.05, 0.1) is 4.92 Å². The van der Waals surface area contributed by atoms with Gasteiger partial charge in [-0.15, -0.1) is 0 Å². The Hall–Kier alpha value is -1.88. The van der Waals surface area contributed by atoms with Crippen molar-refractivity contribution in [3.8, 4) is 0 Å². The monoisotopic (exact) mass is 334 g/mol. The number of nitro groups is 1. The Balaban J connectivity index is 2.07. The molecule has 0 radical (unpaired) electrons. The van der Waals surface area contributed by atoms with Crippen molar-refractivity contribution in [3.05, 3.63) is 67.7 Å². The SMILES string of the molecule is Cc1cc(NCc2ccc([N+](=O)[O-])cc2)cc(C)c1Br. The Bertz CT molecular complexity index is 616. The molecule has 104 valence electrons. The lowest BCUT2D eigenvalue weighted by molar-refractivity contribution is -0.384. The lowest BCUT2D eigenvalue weighted by Gasteiger charge is -2.10. The number of nitrogens with zero attached hydrogens (tertiary/aromatic N) is 1. The molecule has 0 aliphatic carbocycles. The van der Waals surface area contributed by atoms with Crippen LogP contribution < -0.4 is 5.32 Å². The first-order valence-corrected chi connectivity index (χ1v) is 7.00. The molecule has 0 aliphatic heterocycles. The highest BCUT2D eigenvalue weighted by atomic mass is 79.9. The van der Waals surface area contributed by atoms with Crippen LogP contribution >= 0.6 is 15.9 Å². The van der Waals surface area contributed by atoms with Gasteiger partial charge in [-0.3, -0.25) is 10.1 Å². The van der Waals surface area contributed by atoms with Crippen molar-refractivity contribution in [1.82, 2.24) is 0 Å². The number of aryl methyl sites for hydroxylation is 2. The van der Waals surface area contributed by atoms with Gasteiger partial charge >= 0.3 is 0 Å². The van der Waals surface area contributed by atoms with E-state index in [0.717, 1.165) is 15.7 Å². The van der Waals surface area contributed by atoms with Crippen molar-refractivity contribution >= 4 is 27.3 Å². The number of rotatable bonds is 4. The zero-order valence-corrected chi connectivity index (χ0v) is 12.9. The normalized spacial score (nSPS) is 10.3. The third-order valence-corrected chi connectivity index (χ3v) is 4.33. The molecule has 2 aromatic rings. The van der Waals surface area contributed by atoms with E-state index in [4.69, 9.17) is 0 Å². The maximum Gasteiger partial charge on any atom is 0.269 e. The fourth-order valence-corrected chi connectivity index (χ4v) is 2.22. The number of hydrogen-bond acceptors (Lipinski definition) is 3. The van der Waals surface area contributed by atoms with Crippen molar-refractivity contribution in [2.45, 2.75) is 20.4 Å². The van der Waals surface area contributed by atoms with Crippen LogP contribution in [0.25, 0.3) is 0 Å². The van der Waals surface area contributed by atoms with Gasteiger partial charge in [0.25, 0.3) is 5.69 Å². The second kappa shape index (κ2) is 6.05. The van der Waals surface area contributed by atoms with Crippen molar-refractivity contribution in [3.63, 3.8) is 0 Å². The van der Waals surface area contributed by atoms with Gasteiger partial charge in [0.2, 0.25) is 0 Å². The molecule has 0 bridgehead atoms. The number of nitro benzene ring substituents is 1. The minimum absolute atomic E-state index is 0.115. The van der Waals surface area contributed by atoms with Gasteiger partial charge in [0.15, 0.2) is 0 Å². The van der Waals surface area contributed by atoms with Gasteiger partial charge in [-0.1, -0.05) is 28.1 Å². The number of nitrogens with one attached hydrogen (secondary N) is 1. The Labute approximate surface area is 126 Å². The minimum atomic E-state index is -0.390. The van der Waals surface area contributed by atoms with E-state index in [1.165, 1.54) is 23.3 Å².